The van der Waals surface area contributed by atoms with Crippen LogP contribution in [0, 0.1) is 12.8 Å². The van der Waals surface area contributed by atoms with E-state index in [9.17, 15) is 9.90 Å². The maximum atomic E-state index is 11.4. The van der Waals surface area contributed by atoms with E-state index >= 15 is 0 Å². The van der Waals surface area contributed by atoms with Crippen LogP contribution < -0.4 is 0 Å². The Balaban J connectivity index is 1.99. The molecule has 0 spiro atoms. The topological polar surface area (TPSA) is 66.0 Å². The van der Waals surface area contributed by atoms with Crippen LogP contribution in [0.1, 0.15) is 43.0 Å². The molecule has 19 heavy (non-hydrogen) atoms. The first-order valence-corrected chi connectivity index (χ1v) is 6.84. The predicted octanol–water partition coefficient (Wildman–Crippen LogP) is 3.23. The summed E-state index contributed by atoms with van der Waals surface area (Å²) in [6.07, 6.45) is 3.91. The Morgan fingerprint density at radius 2 is 2.16 bits per heavy atom. The van der Waals surface area contributed by atoms with Gasteiger partial charge in [-0.25, -0.2) is 4.98 Å². The number of H-pyrrole nitrogens is 1. The molecule has 0 aliphatic heterocycles. The van der Waals surface area contributed by atoms with Crippen molar-refractivity contribution in [1.29, 1.82) is 0 Å². The lowest BCUT2D eigenvalue weighted by Gasteiger charge is -2.28. The fraction of sp³-hybridized carbons (Fsp3) is 0.467. The summed E-state index contributed by atoms with van der Waals surface area (Å²) < 4.78 is 0. The molecular formula is C15H18N2O2. The Morgan fingerprint density at radius 1 is 1.37 bits per heavy atom. The van der Waals surface area contributed by atoms with Crippen molar-refractivity contribution in [3.05, 3.63) is 29.6 Å². The molecule has 0 amide bonds. The molecule has 0 saturated heterocycles. The average Bonchev–Trinajstić information content (AvgIpc) is 2.77. The lowest BCUT2D eigenvalue weighted by Crippen LogP contribution is -2.25. The minimum Gasteiger partial charge on any atom is -0.481 e. The highest BCUT2D eigenvalue weighted by Gasteiger charge is 2.31. The van der Waals surface area contributed by atoms with Crippen molar-refractivity contribution in [2.75, 3.05) is 0 Å². The molecule has 2 atom stereocenters. The summed E-state index contributed by atoms with van der Waals surface area (Å²) in [7, 11) is 0. The lowest BCUT2D eigenvalue weighted by atomic mass is 9.75. The molecule has 4 heteroatoms. The fourth-order valence-corrected chi connectivity index (χ4v) is 3.21. The van der Waals surface area contributed by atoms with Gasteiger partial charge in [0.2, 0.25) is 0 Å². The Labute approximate surface area is 111 Å². The highest BCUT2D eigenvalue weighted by molar-refractivity contribution is 5.77. The first-order chi connectivity index (χ1) is 9.15. The van der Waals surface area contributed by atoms with E-state index in [4.69, 9.17) is 0 Å². The number of aryl methyl sites for hydroxylation is 1. The van der Waals surface area contributed by atoms with E-state index in [1.165, 1.54) is 0 Å². The first kappa shape index (κ1) is 12.2. The first-order valence-electron chi connectivity index (χ1n) is 6.84. The van der Waals surface area contributed by atoms with Crippen molar-refractivity contribution < 1.29 is 9.90 Å². The molecule has 2 unspecified atom stereocenters. The Bertz CT molecular complexity index is 618. The molecule has 1 aliphatic carbocycles. The number of fused-ring (bicyclic) bond motifs is 1. The molecule has 1 aromatic heterocycles. The van der Waals surface area contributed by atoms with Gasteiger partial charge in [0, 0.05) is 0 Å². The number of benzene rings is 1. The van der Waals surface area contributed by atoms with Crippen LogP contribution in [0.5, 0.6) is 0 Å². The molecule has 1 aromatic carbocycles. The summed E-state index contributed by atoms with van der Waals surface area (Å²) in [5.74, 6) is 0.130. The number of aliphatic carboxylic acids is 1. The summed E-state index contributed by atoms with van der Waals surface area (Å²) in [4.78, 5) is 19.0. The van der Waals surface area contributed by atoms with Crippen molar-refractivity contribution in [3.8, 4) is 0 Å². The van der Waals surface area contributed by atoms with Crippen LogP contribution in [-0.2, 0) is 4.79 Å². The molecule has 2 aromatic rings. The lowest BCUT2D eigenvalue weighted by molar-refractivity contribution is -0.143. The quantitative estimate of drug-likeness (QED) is 0.869. The van der Waals surface area contributed by atoms with Gasteiger partial charge in [0.1, 0.15) is 5.82 Å². The van der Waals surface area contributed by atoms with E-state index in [2.05, 4.69) is 16.0 Å². The molecule has 0 radical (unpaired) electrons. The molecule has 2 N–H and O–H groups in total. The molecule has 0 bridgehead atoms. The largest absolute Gasteiger partial charge is 0.481 e. The maximum absolute atomic E-state index is 11.4. The van der Waals surface area contributed by atoms with E-state index in [1.807, 2.05) is 19.1 Å². The molecule has 100 valence electrons. The number of imidazole rings is 1. The summed E-state index contributed by atoms with van der Waals surface area (Å²) in [5.41, 5.74) is 3.08. The summed E-state index contributed by atoms with van der Waals surface area (Å²) >= 11 is 0. The Kier molecular flexibility index (Phi) is 3.01. The number of nitrogens with one attached hydrogen (secondary N) is 1. The van der Waals surface area contributed by atoms with Crippen LogP contribution in [0.3, 0.4) is 0 Å². The normalized spacial score (nSPS) is 23.6. The maximum Gasteiger partial charge on any atom is 0.307 e. The standard InChI is InChI=1S/C15H18N2O2/c1-9-16-13-7-6-10(8-14(13)17-9)11-4-2-3-5-12(11)15(18)19/h6-8,11-12H,2-5H2,1H3,(H,16,17)(H,18,19). The van der Waals surface area contributed by atoms with Crippen LogP contribution >= 0.6 is 0 Å². The van der Waals surface area contributed by atoms with E-state index in [0.29, 0.717) is 0 Å². The average molecular weight is 258 g/mol. The summed E-state index contributed by atoms with van der Waals surface area (Å²) in [6, 6.07) is 6.09. The second kappa shape index (κ2) is 4.68. The van der Waals surface area contributed by atoms with Crippen LogP contribution in [0.2, 0.25) is 0 Å². The molecule has 1 heterocycles. The molecular weight excluding hydrogens is 240 g/mol. The number of carbonyl (C=O) groups is 1. The van der Waals surface area contributed by atoms with Gasteiger partial charge in [-0.3, -0.25) is 4.79 Å². The van der Waals surface area contributed by atoms with Crippen molar-refractivity contribution in [1.82, 2.24) is 9.97 Å². The van der Waals surface area contributed by atoms with E-state index in [0.717, 1.165) is 48.1 Å². The molecule has 1 aliphatic rings. The van der Waals surface area contributed by atoms with E-state index in [1.54, 1.807) is 0 Å². The van der Waals surface area contributed by atoms with Gasteiger partial charge >= 0.3 is 5.97 Å². The van der Waals surface area contributed by atoms with Crippen molar-refractivity contribution in [3.63, 3.8) is 0 Å². The second-order valence-electron chi connectivity index (χ2n) is 5.43. The summed E-state index contributed by atoms with van der Waals surface area (Å²) in [6.45, 7) is 1.93. The SMILES string of the molecule is Cc1nc2ccc(C3CCCCC3C(=O)O)cc2[nH]1. The van der Waals surface area contributed by atoms with Crippen LogP contribution in [0.15, 0.2) is 18.2 Å². The third-order valence-electron chi connectivity index (χ3n) is 4.14. The molecule has 1 saturated carbocycles. The van der Waals surface area contributed by atoms with Gasteiger partial charge < -0.3 is 10.1 Å². The zero-order chi connectivity index (χ0) is 13.4. The molecule has 1 fully saturated rings. The van der Waals surface area contributed by atoms with Crippen LogP contribution in [0.4, 0.5) is 0 Å². The van der Waals surface area contributed by atoms with Gasteiger partial charge in [0.05, 0.1) is 17.0 Å². The van der Waals surface area contributed by atoms with Crippen molar-refractivity contribution >= 4 is 17.0 Å². The minimum atomic E-state index is -0.661. The molecule has 3 rings (SSSR count). The number of rotatable bonds is 2. The van der Waals surface area contributed by atoms with Crippen LogP contribution in [0.25, 0.3) is 11.0 Å². The van der Waals surface area contributed by atoms with Gasteiger partial charge in [-0.1, -0.05) is 18.9 Å². The van der Waals surface area contributed by atoms with E-state index in [-0.39, 0.29) is 11.8 Å². The zero-order valence-corrected chi connectivity index (χ0v) is 11.0. The predicted molar refractivity (Wildman–Crippen MR) is 73.2 cm³/mol. The number of hydrogen-bond donors (Lipinski definition) is 2. The highest BCUT2D eigenvalue weighted by Crippen LogP contribution is 2.38. The number of aromatic nitrogens is 2. The van der Waals surface area contributed by atoms with Crippen LogP contribution in [-0.4, -0.2) is 21.0 Å². The highest BCUT2D eigenvalue weighted by atomic mass is 16.4. The molecule has 4 nitrogen and oxygen atoms in total. The Morgan fingerprint density at radius 3 is 2.95 bits per heavy atom. The van der Waals surface area contributed by atoms with Gasteiger partial charge in [-0.2, -0.15) is 0 Å². The summed E-state index contributed by atoms with van der Waals surface area (Å²) in [5, 5.41) is 9.37. The minimum absolute atomic E-state index is 0.138. The second-order valence-corrected chi connectivity index (χ2v) is 5.43. The number of carboxylic acids is 1. The van der Waals surface area contributed by atoms with Crippen molar-refractivity contribution in [2.24, 2.45) is 5.92 Å². The number of aromatic amines is 1. The third kappa shape index (κ3) is 2.23. The zero-order valence-electron chi connectivity index (χ0n) is 11.0. The van der Waals surface area contributed by atoms with Crippen molar-refractivity contribution in [2.45, 2.75) is 38.5 Å². The van der Waals surface area contributed by atoms with Gasteiger partial charge in [0.25, 0.3) is 0 Å². The number of nitrogens with zero attached hydrogens (tertiary/aromatic N) is 1. The Hall–Kier alpha value is -1.84. The number of carboxylic acid groups (broad SMARTS) is 1. The fourth-order valence-electron chi connectivity index (χ4n) is 3.21. The third-order valence-corrected chi connectivity index (χ3v) is 4.14. The monoisotopic (exact) mass is 258 g/mol. The van der Waals surface area contributed by atoms with Gasteiger partial charge in [0.15, 0.2) is 0 Å². The smallest absolute Gasteiger partial charge is 0.307 e. The van der Waals surface area contributed by atoms with Gasteiger partial charge in [-0.15, -0.1) is 0 Å². The van der Waals surface area contributed by atoms with Gasteiger partial charge in [-0.05, 0) is 43.4 Å². The van der Waals surface area contributed by atoms with E-state index < -0.39 is 5.97 Å². The number of hydrogen-bond acceptors (Lipinski definition) is 2.